The second kappa shape index (κ2) is 8.92. The van der Waals surface area contributed by atoms with Gasteiger partial charge in [0.25, 0.3) is 5.91 Å². The van der Waals surface area contributed by atoms with E-state index in [1.807, 2.05) is 54.6 Å². The van der Waals surface area contributed by atoms with E-state index in [0.29, 0.717) is 33.9 Å². The summed E-state index contributed by atoms with van der Waals surface area (Å²) in [4.78, 5) is 20.1. The van der Waals surface area contributed by atoms with Crippen molar-refractivity contribution in [1.29, 1.82) is 0 Å². The Morgan fingerprint density at radius 1 is 1.07 bits per heavy atom. The number of rotatable bonds is 6. The summed E-state index contributed by atoms with van der Waals surface area (Å²) in [5.74, 6) is 1.88. The second-order valence-corrected chi connectivity index (χ2v) is 7.43. The quantitative estimate of drug-likeness (QED) is 0.519. The van der Waals surface area contributed by atoms with Gasteiger partial charge in [0, 0.05) is 5.56 Å². The highest BCUT2D eigenvalue weighted by atomic mass is 32.2. The molecule has 6 nitrogen and oxygen atoms in total. The molecule has 2 heterocycles. The Kier molecular flexibility index (Phi) is 5.90. The highest BCUT2D eigenvalue weighted by Gasteiger charge is 2.34. The van der Waals surface area contributed by atoms with Crippen molar-refractivity contribution in [3.8, 4) is 11.5 Å². The van der Waals surface area contributed by atoms with Gasteiger partial charge in [-0.1, -0.05) is 18.2 Å². The number of amides is 1. The molecule has 152 valence electrons. The van der Waals surface area contributed by atoms with Crippen LogP contribution in [0.2, 0.25) is 0 Å². The number of hydrogen-bond acceptors (Lipinski definition) is 6. The Bertz CT molecular complexity index is 1090. The standard InChI is InChI=1S/C23H20N2O4S/c1-27-18-10-11-20(28-2)16(13-18)14-21-22(26)25(15-19-9-6-12-29-19)23(30-21)24-17-7-4-3-5-8-17/h3-14H,15H2,1-2H3/b21-14-,24-23?. The summed E-state index contributed by atoms with van der Waals surface area (Å²) in [5.41, 5.74) is 1.53. The lowest BCUT2D eigenvalue weighted by atomic mass is 10.1. The molecule has 0 radical (unpaired) electrons. The molecule has 3 aromatic rings. The van der Waals surface area contributed by atoms with Crippen LogP contribution in [0.4, 0.5) is 5.69 Å². The molecule has 0 unspecified atom stereocenters. The van der Waals surface area contributed by atoms with Crippen LogP contribution >= 0.6 is 11.8 Å². The van der Waals surface area contributed by atoms with Crippen molar-refractivity contribution < 1.29 is 18.7 Å². The molecule has 7 heteroatoms. The molecule has 1 amide bonds. The van der Waals surface area contributed by atoms with Crippen molar-refractivity contribution >= 4 is 34.6 Å². The maximum atomic E-state index is 13.2. The number of methoxy groups -OCH3 is 2. The summed E-state index contributed by atoms with van der Waals surface area (Å²) in [7, 11) is 3.20. The molecule has 0 spiro atoms. The van der Waals surface area contributed by atoms with Gasteiger partial charge in [-0.15, -0.1) is 0 Å². The van der Waals surface area contributed by atoms with Crippen molar-refractivity contribution in [3.63, 3.8) is 0 Å². The number of benzene rings is 2. The third-order valence-electron chi connectivity index (χ3n) is 4.49. The van der Waals surface area contributed by atoms with Crippen LogP contribution < -0.4 is 9.47 Å². The SMILES string of the molecule is COc1ccc(OC)c(/C=C2\SC(=Nc3ccccc3)N(Cc3ccco3)C2=O)c1. The van der Waals surface area contributed by atoms with Gasteiger partial charge in [-0.05, 0) is 60.3 Å². The number of thioether (sulfide) groups is 1. The predicted octanol–water partition coefficient (Wildman–Crippen LogP) is 5.10. The first-order valence-electron chi connectivity index (χ1n) is 9.27. The van der Waals surface area contributed by atoms with E-state index in [-0.39, 0.29) is 5.91 Å². The first-order chi connectivity index (χ1) is 14.7. The van der Waals surface area contributed by atoms with Gasteiger partial charge in [-0.25, -0.2) is 4.99 Å². The Balaban J connectivity index is 1.72. The topological polar surface area (TPSA) is 64.3 Å². The fourth-order valence-corrected chi connectivity index (χ4v) is 3.98. The molecule has 1 aliphatic heterocycles. The Hall–Kier alpha value is -3.45. The molecule has 0 aliphatic carbocycles. The Morgan fingerprint density at radius 3 is 2.60 bits per heavy atom. The van der Waals surface area contributed by atoms with E-state index >= 15 is 0 Å². The first-order valence-corrected chi connectivity index (χ1v) is 10.1. The smallest absolute Gasteiger partial charge is 0.267 e. The minimum atomic E-state index is -0.143. The molecule has 30 heavy (non-hydrogen) atoms. The molecule has 2 aromatic carbocycles. The van der Waals surface area contributed by atoms with Crippen molar-refractivity contribution in [2.75, 3.05) is 14.2 Å². The van der Waals surface area contributed by atoms with Crippen molar-refractivity contribution in [3.05, 3.63) is 83.2 Å². The number of hydrogen-bond donors (Lipinski definition) is 0. The lowest BCUT2D eigenvalue weighted by molar-refractivity contribution is -0.122. The van der Waals surface area contributed by atoms with Crippen molar-refractivity contribution in [1.82, 2.24) is 4.90 Å². The van der Waals surface area contributed by atoms with Gasteiger partial charge in [-0.2, -0.15) is 0 Å². The van der Waals surface area contributed by atoms with Gasteiger partial charge >= 0.3 is 0 Å². The summed E-state index contributed by atoms with van der Waals surface area (Å²) < 4.78 is 16.2. The Labute approximate surface area is 178 Å². The van der Waals surface area contributed by atoms with Crippen LogP contribution in [-0.4, -0.2) is 30.2 Å². The third kappa shape index (κ3) is 4.26. The number of nitrogens with zero attached hydrogens (tertiary/aromatic N) is 2. The number of ether oxygens (including phenoxy) is 2. The fourth-order valence-electron chi connectivity index (χ4n) is 3.00. The maximum Gasteiger partial charge on any atom is 0.267 e. The van der Waals surface area contributed by atoms with E-state index in [4.69, 9.17) is 13.9 Å². The molecule has 1 aromatic heterocycles. The summed E-state index contributed by atoms with van der Waals surface area (Å²) in [5, 5.41) is 0.593. The van der Waals surface area contributed by atoms with Crippen LogP contribution in [0.15, 0.2) is 81.2 Å². The minimum absolute atomic E-state index is 0.143. The second-order valence-electron chi connectivity index (χ2n) is 6.42. The first kappa shape index (κ1) is 19.8. The highest BCUT2D eigenvalue weighted by Crippen LogP contribution is 2.37. The lowest BCUT2D eigenvalue weighted by Gasteiger charge is -2.13. The number of furan rings is 1. The number of carbonyl (C=O) groups is 1. The molecular formula is C23H20N2O4S. The molecule has 0 saturated carbocycles. The van der Waals surface area contributed by atoms with Crippen LogP contribution in [-0.2, 0) is 11.3 Å². The largest absolute Gasteiger partial charge is 0.497 e. The molecule has 0 bridgehead atoms. The monoisotopic (exact) mass is 420 g/mol. The van der Waals surface area contributed by atoms with Crippen LogP contribution in [0.25, 0.3) is 6.08 Å². The van der Waals surface area contributed by atoms with E-state index in [1.54, 1.807) is 37.5 Å². The summed E-state index contributed by atoms with van der Waals surface area (Å²) in [6.07, 6.45) is 3.39. The van der Waals surface area contributed by atoms with E-state index in [1.165, 1.54) is 11.8 Å². The van der Waals surface area contributed by atoms with Gasteiger partial charge in [0.2, 0.25) is 0 Å². The number of para-hydroxylation sites is 1. The average Bonchev–Trinajstić information content (AvgIpc) is 3.39. The van der Waals surface area contributed by atoms with E-state index in [2.05, 4.69) is 4.99 Å². The minimum Gasteiger partial charge on any atom is -0.497 e. The zero-order chi connectivity index (χ0) is 20.9. The van der Waals surface area contributed by atoms with Gasteiger partial charge < -0.3 is 13.9 Å². The molecule has 1 fully saturated rings. The van der Waals surface area contributed by atoms with Gasteiger partial charge in [0.15, 0.2) is 5.17 Å². The summed E-state index contributed by atoms with van der Waals surface area (Å²) >= 11 is 1.32. The van der Waals surface area contributed by atoms with E-state index in [0.717, 1.165) is 11.3 Å². The van der Waals surface area contributed by atoms with Crippen LogP contribution in [0.3, 0.4) is 0 Å². The van der Waals surface area contributed by atoms with Crippen molar-refractivity contribution in [2.24, 2.45) is 4.99 Å². The third-order valence-corrected chi connectivity index (χ3v) is 5.49. The molecule has 0 N–H and O–H groups in total. The summed E-state index contributed by atoms with van der Waals surface area (Å²) in [6, 6.07) is 18.7. The number of aliphatic imine (C=N–C) groups is 1. The van der Waals surface area contributed by atoms with Crippen LogP contribution in [0.1, 0.15) is 11.3 Å². The van der Waals surface area contributed by atoms with Crippen molar-refractivity contribution in [2.45, 2.75) is 6.54 Å². The predicted molar refractivity (Wildman–Crippen MR) is 118 cm³/mol. The lowest BCUT2D eigenvalue weighted by Crippen LogP contribution is -2.28. The van der Waals surface area contributed by atoms with Crippen LogP contribution in [0, 0.1) is 0 Å². The fraction of sp³-hybridized carbons (Fsp3) is 0.130. The number of amidine groups is 1. The summed E-state index contributed by atoms with van der Waals surface area (Å²) in [6.45, 7) is 0.303. The van der Waals surface area contributed by atoms with Crippen LogP contribution in [0.5, 0.6) is 11.5 Å². The zero-order valence-electron chi connectivity index (χ0n) is 16.6. The molecular weight excluding hydrogens is 400 g/mol. The van der Waals surface area contributed by atoms with Gasteiger partial charge in [0.1, 0.15) is 17.3 Å². The highest BCUT2D eigenvalue weighted by molar-refractivity contribution is 8.18. The van der Waals surface area contributed by atoms with Gasteiger partial charge in [-0.3, -0.25) is 9.69 Å². The number of carbonyl (C=O) groups excluding carboxylic acids is 1. The molecule has 0 atom stereocenters. The molecule has 4 rings (SSSR count). The molecule has 1 saturated heterocycles. The molecule has 1 aliphatic rings. The normalized spacial score (nSPS) is 16.5. The Morgan fingerprint density at radius 2 is 1.90 bits per heavy atom. The van der Waals surface area contributed by atoms with E-state index in [9.17, 15) is 4.79 Å². The average molecular weight is 420 g/mol. The zero-order valence-corrected chi connectivity index (χ0v) is 17.4. The van der Waals surface area contributed by atoms with E-state index < -0.39 is 0 Å². The maximum absolute atomic E-state index is 13.2. The van der Waals surface area contributed by atoms with Gasteiger partial charge in [0.05, 0.1) is 37.6 Å².